The molecule has 0 radical (unpaired) electrons. The second kappa shape index (κ2) is 39.3. The van der Waals surface area contributed by atoms with E-state index >= 15 is 0 Å². The predicted octanol–water partition coefficient (Wildman–Crippen LogP) is 13.8. The molecule has 0 fully saturated rings. The molecule has 3 atom stereocenters. The molecule has 0 bridgehead atoms. The van der Waals surface area contributed by atoms with E-state index in [2.05, 4.69) is 19.2 Å². The smallest absolute Gasteiger partial charge is 0.0665 e. The average molecular weight is 652 g/mol. The summed E-state index contributed by atoms with van der Waals surface area (Å²) in [5.41, 5.74) is 0. The maximum absolute atomic E-state index is 10.5. The zero-order valence-corrected chi connectivity index (χ0v) is 32.3. The van der Waals surface area contributed by atoms with Gasteiger partial charge in [-0.25, -0.2) is 0 Å². The van der Waals surface area contributed by atoms with Gasteiger partial charge >= 0.3 is 0 Å². The summed E-state index contributed by atoms with van der Waals surface area (Å²) in [6.45, 7) is 7.47. The molecular weight excluding hydrogens is 562 g/mol. The fraction of sp³-hybridized carbons (Fsp3) is 1.00. The van der Waals surface area contributed by atoms with Crippen molar-refractivity contribution in [2.45, 2.75) is 270 Å². The topological polar surface area (TPSA) is 52.5 Å². The van der Waals surface area contributed by atoms with Crippen LogP contribution in [0.1, 0.15) is 252 Å². The number of hydrogen-bond donors (Lipinski definition) is 3. The van der Waals surface area contributed by atoms with Gasteiger partial charge in [0, 0.05) is 6.04 Å². The molecule has 278 valence electrons. The Hall–Kier alpha value is -0.120. The molecule has 3 N–H and O–H groups in total. The first kappa shape index (κ1) is 45.9. The second-order valence-electron chi connectivity index (χ2n) is 15.3. The van der Waals surface area contributed by atoms with Gasteiger partial charge in [-0.1, -0.05) is 219 Å². The molecule has 0 aromatic heterocycles. The fourth-order valence-electron chi connectivity index (χ4n) is 7.10. The van der Waals surface area contributed by atoms with Crippen LogP contribution in [0.3, 0.4) is 0 Å². The molecule has 0 aromatic carbocycles. The number of aliphatic hydroxyl groups excluding tert-OH is 2. The van der Waals surface area contributed by atoms with Gasteiger partial charge in [-0.05, 0) is 39.2 Å². The summed E-state index contributed by atoms with van der Waals surface area (Å²) in [5.74, 6) is 0. The minimum Gasteiger partial charge on any atom is -0.393 e. The third-order valence-corrected chi connectivity index (χ3v) is 10.5. The summed E-state index contributed by atoms with van der Waals surface area (Å²) >= 11 is 0. The molecule has 0 rings (SSSR count). The molecule has 0 amide bonds. The van der Waals surface area contributed by atoms with Crippen molar-refractivity contribution in [1.29, 1.82) is 0 Å². The van der Waals surface area contributed by atoms with Crippen molar-refractivity contribution < 1.29 is 10.2 Å². The minimum atomic E-state index is -0.353. The lowest BCUT2D eigenvalue weighted by molar-refractivity contribution is 0.110. The Bertz CT molecular complexity index is 539. The van der Waals surface area contributed by atoms with Crippen LogP contribution in [0, 0.1) is 0 Å². The minimum absolute atomic E-state index is 0.113. The molecule has 0 heterocycles. The van der Waals surface area contributed by atoms with Crippen molar-refractivity contribution in [2.75, 3.05) is 6.54 Å². The van der Waals surface area contributed by atoms with Crippen molar-refractivity contribution in [2.24, 2.45) is 0 Å². The summed E-state index contributed by atoms with van der Waals surface area (Å²) < 4.78 is 0. The van der Waals surface area contributed by atoms with Gasteiger partial charge in [0.15, 0.2) is 0 Å². The average Bonchev–Trinajstić information content (AvgIpc) is 3.05. The molecule has 0 spiro atoms. The van der Waals surface area contributed by atoms with E-state index in [1.807, 2.05) is 6.92 Å². The van der Waals surface area contributed by atoms with E-state index in [4.69, 9.17) is 0 Å². The molecular formula is C43H89NO2. The van der Waals surface area contributed by atoms with E-state index in [-0.39, 0.29) is 18.2 Å². The lowest BCUT2D eigenvalue weighted by Gasteiger charge is -2.23. The first-order valence-electron chi connectivity index (χ1n) is 21.7. The lowest BCUT2D eigenvalue weighted by Crippen LogP contribution is -2.39. The van der Waals surface area contributed by atoms with Crippen LogP contribution in [0.25, 0.3) is 0 Å². The number of hydrogen-bond acceptors (Lipinski definition) is 3. The number of rotatable bonds is 40. The van der Waals surface area contributed by atoms with Crippen LogP contribution in [0.15, 0.2) is 0 Å². The van der Waals surface area contributed by atoms with E-state index in [0.29, 0.717) is 0 Å². The second-order valence-corrected chi connectivity index (χ2v) is 15.3. The molecule has 0 aliphatic carbocycles. The highest BCUT2D eigenvalue weighted by atomic mass is 16.3. The van der Waals surface area contributed by atoms with Gasteiger partial charge in [0.05, 0.1) is 12.2 Å². The Labute approximate surface area is 291 Å². The maximum Gasteiger partial charge on any atom is 0.0665 e. The molecule has 0 aliphatic rings. The van der Waals surface area contributed by atoms with Crippen molar-refractivity contribution in [3.05, 3.63) is 0 Å². The molecule has 3 unspecified atom stereocenters. The summed E-state index contributed by atoms with van der Waals surface area (Å²) in [6, 6.07) is 0.113. The Morgan fingerprint density at radius 2 is 0.630 bits per heavy atom. The third-order valence-electron chi connectivity index (χ3n) is 10.5. The van der Waals surface area contributed by atoms with Gasteiger partial charge in [0.25, 0.3) is 0 Å². The van der Waals surface area contributed by atoms with Gasteiger partial charge in [-0.3, -0.25) is 0 Å². The standard InChI is InChI=1S/C43H89NO2/c1-4-6-8-10-12-14-16-18-19-20-21-22-23-24-26-28-30-32-34-36-40-44-43(41(3)45)39-38-42(46)37-35-33-31-29-27-25-17-15-13-11-9-7-5-2/h41-46H,4-40H2,1-3H3. The highest BCUT2D eigenvalue weighted by Crippen LogP contribution is 2.17. The van der Waals surface area contributed by atoms with Crippen molar-refractivity contribution in [3.8, 4) is 0 Å². The number of aliphatic hydroxyl groups is 2. The fourth-order valence-corrected chi connectivity index (χ4v) is 7.10. The molecule has 3 heteroatoms. The monoisotopic (exact) mass is 652 g/mol. The van der Waals surface area contributed by atoms with Crippen molar-refractivity contribution >= 4 is 0 Å². The Kier molecular flexibility index (Phi) is 39.2. The van der Waals surface area contributed by atoms with Crippen LogP contribution >= 0.6 is 0 Å². The van der Waals surface area contributed by atoms with E-state index in [1.165, 1.54) is 205 Å². The summed E-state index contributed by atoms with van der Waals surface area (Å²) in [5, 5.41) is 24.3. The molecule has 0 saturated carbocycles. The summed E-state index contributed by atoms with van der Waals surface area (Å²) in [4.78, 5) is 0. The Morgan fingerprint density at radius 3 is 0.935 bits per heavy atom. The predicted molar refractivity (Wildman–Crippen MR) is 207 cm³/mol. The molecule has 3 nitrogen and oxygen atoms in total. The van der Waals surface area contributed by atoms with Crippen molar-refractivity contribution in [3.63, 3.8) is 0 Å². The molecule has 0 aliphatic heterocycles. The molecule has 0 aromatic rings. The van der Waals surface area contributed by atoms with Crippen LogP contribution < -0.4 is 5.32 Å². The maximum atomic E-state index is 10.5. The van der Waals surface area contributed by atoms with Gasteiger partial charge < -0.3 is 15.5 Å². The SMILES string of the molecule is CCCCCCCCCCCCCCCCCCCCCCNC(CCC(O)CCCCCCCCCCCCCCC)C(C)O. The first-order valence-corrected chi connectivity index (χ1v) is 21.7. The largest absolute Gasteiger partial charge is 0.393 e. The van der Waals surface area contributed by atoms with Gasteiger partial charge in [0.2, 0.25) is 0 Å². The van der Waals surface area contributed by atoms with Crippen LogP contribution in [0.5, 0.6) is 0 Å². The molecule has 46 heavy (non-hydrogen) atoms. The quantitative estimate of drug-likeness (QED) is 0.0578. The van der Waals surface area contributed by atoms with E-state index in [0.717, 1.165) is 32.2 Å². The van der Waals surface area contributed by atoms with E-state index in [9.17, 15) is 10.2 Å². The van der Waals surface area contributed by atoms with E-state index < -0.39 is 0 Å². The summed E-state index contributed by atoms with van der Waals surface area (Å²) in [6.07, 6.45) is 48.1. The highest BCUT2D eigenvalue weighted by Gasteiger charge is 2.16. The van der Waals surface area contributed by atoms with Crippen LogP contribution in [-0.2, 0) is 0 Å². The van der Waals surface area contributed by atoms with Crippen LogP contribution in [0.4, 0.5) is 0 Å². The summed E-state index contributed by atoms with van der Waals surface area (Å²) in [7, 11) is 0. The first-order chi connectivity index (χ1) is 22.6. The Balaban J connectivity index is 3.44. The van der Waals surface area contributed by atoms with Gasteiger partial charge in [-0.15, -0.1) is 0 Å². The zero-order valence-electron chi connectivity index (χ0n) is 32.3. The zero-order chi connectivity index (χ0) is 33.6. The number of nitrogens with one attached hydrogen (secondary N) is 1. The van der Waals surface area contributed by atoms with Crippen molar-refractivity contribution in [1.82, 2.24) is 5.32 Å². The third kappa shape index (κ3) is 36.7. The number of unbranched alkanes of at least 4 members (excludes halogenated alkanes) is 31. The van der Waals surface area contributed by atoms with Crippen LogP contribution in [0.2, 0.25) is 0 Å². The van der Waals surface area contributed by atoms with E-state index in [1.54, 1.807) is 0 Å². The normalized spacial score (nSPS) is 13.8. The molecule has 0 saturated heterocycles. The highest BCUT2D eigenvalue weighted by molar-refractivity contribution is 4.74. The Morgan fingerprint density at radius 1 is 0.348 bits per heavy atom. The van der Waals surface area contributed by atoms with Crippen LogP contribution in [-0.4, -0.2) is 35.0 Å². The van der Waals surface area contributed by atoms with Gasteiger partial charge in [0.1, 0.15) is 0 Å². The lowest BCUT2D eigenvalue weighted by atomic mass is 9.99. The van der Waals surface area contributed by atoms with Gasteiger partial charge in [-0.2, -0.15) is 0 Å².